The van der Waals surface area contributed by atoms with Crippen LogP contribution in [0.3, 0.4) is 0 Å². The predicted octanol–water partition coefficient (Wildman–Crippen LogP) is 7.70. The lowest BCUT2D eigenvalue weighted by Gasteiger charge is -2.31. The minimum Gasteiger partial charge on any atom is -0.318 e. The highest BCUT2D eigenvalue weighted by molar-refractivity contribution is 6.33. The third kappa shape index (κ3) is 4.10. The van der Waals surface area contributed by atoms with Gasteiger partial charge in [-0.2, -0.15) is 0 Å². The van der Waals surface area contributed by atoms with Gasteiger partial charge in [0.2, 0.25) is 0 Å². The Morgan fingerprint density at radius 3 is 2.50 bits per heavy atom. The summed E-state index contributed by atoms with van der Waals surface area (Å²) in [5.41, 5.74) is 7.24. The zero-order valence-corrected chi connectivity index (χ0v) is 20.4. The molecule has 0 radical (unpaired) electrons. The molecule has 172 valence electrons. The standard InChI is InChI=1S/C29H28ClN3O/c1-19(2)21-11-13-22(14-12-21)28-27-9-6-16-32(27)26-8-5-4-7-23(26)18-33(28)29(34)31-25-15-10-20(3)17-24(25)30/h4-17,19,28H,18H2,1-3H3,(H,31,34)/t28-/m0/s1. The average Bonchev–Trinajstić information content (AvgIpc) is 3.25. The number of carbonyl (C=O) groups excluding carboxylic acids is 1. The molecule has 4 aromatic rings. The Morgan fingerprint density at radius 2 is 1.76 bits per heavy atom. The highest BCUT2D eigenvalue weighted by Crippen LogP contribution is 2.37. The second kappa shape index (κ2) is 9.03. The van der Waals surface area contributed by atoms with Crippen LogP contribution in [0.5, 0.6) is 0 Å². The molecule has 1 N–H and O–H groups in total. The van der Waals surface area contributed by atoms with Crippen molar-refractivity contribution in [1.29, 1.82) is 0 Å². The Hall–Kier alpha value is -3.50. The van der Waals surface area contributed by atoms with E-state index in [9.17, 15) is 4.79 Å². The number of urea groups is 1. The Kier molecular flexibility index (Phi) is 5.93. The molecular weight excluding hydrogens is 442 g/mol. The summed E-state index contributed by atoms with van der Waals surface area (Å²) in [5.74, 6) is 0.444. The van der Waals surface area contributed by atoms with Crippen molar-refractivity contribution in [2.75, 3.05) is 5.32 Å². The first-order chi connectivity index (χ1) is 16.4. The van der Waals surface area contributed by atoms with Gasteiger partial charge in [0, 0.05) is 11.9 Å². The SMILES string of the molecule is Cc1ccc(NC(=O)N2Cc3ccccc3-n3cccc3[C@@H]2c2ccc(C(C)C)cc2)c(Cl)c1. The number of fused-ring (bicyclic) bond motifs is 3. The highest BCUT2D eigenvalue weighted by Gasteiger charge is 2.33. The maximum absolute atomic E-state index is 13.8. The van der Waals surface area contributed by atoms with Crippen molar-refractivity contribution in [3.63, 3.8) is 0 Å². The summed E-state index contributed by atoms with van der Waals surface area (Å²) < 4.78 is 2.20. The van der Waals surface area contributed by atoms with E-state index in [1.807, 2.05) is 48.2 Å². The zero-order valence-electron chi connectivity index (χ0n) is 19.6. The lowest BCUT2D eigenvalue weighted by atomic mass is 9.97. The lowest BCUT2D eigenvalue weighted by molar-refractivity contribution is 0.194. The molecule has 0 spiro atoms. The van der Waals surface area contributed by atoms with Crippen molar-refractivity contribution in [3.05, 3.63) is 118 Å². The van der Waals surface area contributed by atoms with E-state index in [0.717, 1.165) is 28.1 Å². The van der Waals surface area contributed by atoms with E-state index in [1.165, 1.54) is 5.56 Å². The minimum atomic E-state index is -0.257. The van der Waals surface area contributed by atoms with Crippen molar-refractivity contribution in [2.24, 2.45) is 0 Å². The normalized spacial score (nSPS) is 15.0. The molecule has 1 aromatic heterocycles. The van der Waals surface area contributed by atoms with Crippen LogP contribution in [0.2, 0.25) is 5.02 Å². The molecule has 0 fully saturated rings. The zero-order chi connectivity index (χ0) is 23.8. The smallest absolute Gasteiger partial charge is 0.318 e. The van der Waals surface area contributed by atoms with Gasteiger partial charge in [0.05, 0.1) is 29.0 Å². The van der Waals surface area contributed by atoms with Crippen molar-refractivity contribution in [2.45, 2.75) is 39.3 Å². The number of benzene rings is 3. The van der Waals surface area contributed by atoms with Crippen LogP contribution in [0.1, 0.15) is 53.8 Å². The first-order valence-electron chi connectivity index (χ1n) is 11.6. The number of anilines is 1. The molecule has 5 heteroatoms. The summed E-state index contributed by atoms with van der Waals surface area (Å²) in [6.45, 7) is 6.83. The van der Waals surface area contributed by atoms with E-state index >= 15 is 0 Å². The Labute approximate surface area is 205 Å². The number of nitrogens with zero attached hydrogens (tertiary/aromatic N) is 2. The van der Waals surface area contributed by atoms with E-state index in [1.54, 1.807) is 0 Å². The number of amides is 2. The van der Waals surface area contributed by atoms with Crippen molar-refractivity contribution < 1.29 is 4.79 Å². The number of carbonyl (C=O) groups is 1. The van der Waals surface area contributed by atoms with Gasteiger partial charge in [-0.3, -0.25) is 0 Å². The largest absolute Gasteiger partial charge is 0.323 e. The van der Waals surface area contributed by atoms with E-state index in [0.29, 0.717) is 23.2 Å². The van der Waals surface area contributed by atoms with Crippen molar-refractivity contribution in [1.82, 2.24) is 9.47 Å². The summed E-state index contributed by atoms with van der Waals surface area (Å²) in [6, 6.07) is 26.2. The van der Waals surface area contributed by atoms with Crippen LogP contribution in [-0.2, 0) is 6.54 Å². The second-order valence-electron chi connectivity index (χ2n) is 9.20. The molecule has 1 aliphatic rings. The number of rotatable bonds is 3. The molecule has 0 aliphatic carbocycles. The van der Waals surface area contributed by atoms with Crippen molar-refractivity contribution >= 4 is 23.3 Å². The average molecular weight is 470 g/mol. The summed E-state index contributed by atoms with van der Waals surface area (Å²) in [5, 5.41) is 3.60. The molecular formula is C29H28ClN3O. The van der Waals surface area contributed by atoms with Gasteiger partial charge in [0.15, 0.2) is 0 Å². The van der Waals surface area contributed by atoms with E-state index in [-0.39, 0.29) is 12.1 Å². The molecule has 1 atom stereocenters. The quantitative estimate of drug-likeness (QED) is 0.328. The van der Waals surface area contributed by atoms with Crippen LogP contribution in [0.25, 0.3) is 5.69 Å². The molecule has 0 bridgehead atoms. The topological polar surface area (TPSA) is 37.3 Å². The summed E-state index contributed by atoms with van der Waals surface area (Å²) in [6.07, 6.45) is 2.07. The fourth-order valence-electron chi connectivity index (χ4n) is 4.66. The summed E-state index contributed by atoms with van der Waals surface area (Å²) in [7, 11) is 0. The van der Waals surface area contributed by atoms with Crippen LogP contribution in [-0.4, -0.2) is 15.5 Å². The van der Waals surface area contributed by atoms with E-state index in [4.69, 9.17) is 11.6 Å². The highest BCUT2D eigenvalue weighted by atomic mass is 35.5. The van der Waals surface area contributed by atoms with Crippen LogP contribution >= 0.6 is 11.6 Å². The number of aromatic nitrogens is 1. The lowest BCUT2D eigenvalue weighted by Crippen LogP contribution is -2.38. The molecule has 3 aromatic carbocycles. The van der Waals surface area contributed by atoms with Crippen LogP contribution in [0.4, 0.5) is 10.5 Å². The minimum absolute atomic E-state index is 0.187. The number of hydrogen-bond acceptors (Lipinski definition) is 1. The molecule has 2 heterocycles. The molecule has 5 rings (SSSR count). The fourth-order valence-corrected chi connectivity index (χ4v) is 4.94. The first-order valence-corrected chi connectivity index (χ1v) is 12.0. The van der Waals surface area contributed by atoms with Gasteiger partial charge < -0.3 is 14.8 Å². The van der Waals surface area contributed by atoms with Gasteiger partial charge in [-0.1, -0.05) is 74.0 Å². The molecule has 0 unspecified atom stereocenters. The molecule has 2 amide bonds. The van der Waals surface area contributed by atoms with Gasteiger partial charge in [-0.15, -0.1) is 0 Å². The van der Waals surface area contributed by atoms with Crippen LogP contribution in [0, 0.1) is 6.92 Å². The van der Waals surface area contributed by atoms with Crippen LogP contribution in [0.15, 0.2) is 85.1 Å². The number of aryl methyl sites for hydroxylation is 1. The molecule has 0 saturated heterocycles. The molecule has 34 heavy (non-hydrogen) atoms. The Bertz CT molecular complexity index is 1340. The van der Waals surface area contributed by atoms with Gasteiger partial charge >= 0.3 is 6.03 Å². The number of nitrogens with one attached hydrogen (secondary N) is 1. The maximum Gasteiger partial charge on any atom is 0.323 e. The third-order valence-corrected chi connectivity index (χ3v) is 6.82. The molecule has 1 aliphatic heterocycles. The van der Waals surface area contributed by atoms with Gasteiger partial charge in [-0.25, -0.2) is 4.79 Å². The van der Waals surface area contributed by atoms with Crippen molar-refractivity contribution in [3.8, 4) is 5.69 Å². The van der Waals surface area contributed by atoms with Crippen LogP contribution < -0.4 is 5.32 Å². The Morgan fingerprint density at radius 1 is 1.00 bits per heavy atom. The number of hydrogen-bond donors (Lipinski definition) is 1. The van der Waals surface area contributed by atoms with Gasteiger partial charge in [0.1, 0.15) is 0 Å². The first kappa shape index (κ1) is 22.3. The van der Waals surface area contributed by atoms with Gasteiger partial charge in [0.25, 0.3) is 0 Å². The number of para-hydroxylation sites is 1. The summed E-state index contributed by atoms with van der Waals surface area (Å²) >= 11 is 6.45. The monoisotopic (exact) mass is 469 g/mol. The van der Waals surface area contributed by atoms with Gasteiger partial charge in [-0.05, 0) is 65.4 Å². The molecule has 4 nitrogen and oxygen atoms in total. The Balaban J connectivity index is 1.61. The number of halogens is 1. The third-order valence-electron chi connectivity index (χ3n) is 6.51. The second-order valence-corrected chi connectivity index (χ2v) is 9.60. The predicted molar refractivity (Wildman–Crippen MR) is 139 cm³/mol. The van der Waals surface area contributed by atoms with E-state index < -0.39 is 0 Å². The fraction of sp³-hybridized carbons (Fsp3) is 0.207. The summed E-state index contributed by atoms with van der Waals surface area (Å²) in [4.78, 5) is 15.7. The maximum atomic E-state index is 13.8. The van der Waals surface area contributed by atoms with E-state index in [2.05, 4.69) is 72.4 Å². The molecule has 0 saturated carbocycles.